The summed E-state index contributed by atoms with van der Waals surface area (Å²) in [6, 6.07) is 12.3. The van der Waals surface area contributed by atoms with Crippen molar-refractivity contribution < 1.29 is 19.7 Å². The summed E-state index contributed by atoms with van der Waals surface area (Å²) >= 11 is 0. The predicted octanol–water partition coefficient (Wildman–Crippen LogP) is 4.75. The maximum absolute atomic E-state index is 12.2. The molecule has 124 valence electrons. The summed E-state index contributed by atoms with van der Waals surface area (Å²) in [5.41, 5.74) is -0.526. The molecule has 0 fully saturated rings. The highest BCUT2D eigenvalue weighted by Gasteiger charge is 2.27. The zero-order chi connectivity index (χ0) is 17.5. The number of benzene rings is 3. The van der Waals surface area contributed by atoms with Crippen molar-refractivity contribution in [2.45, 2.75) is 27.2 Å². The summed E-state index contributed by atoms with van der Waals surface area (Å²) < 4.78 is 5.50. The van der Waals surface area contributed by atoms with Crippen molar-refractivity contribution >= 4 is 27.5 Å². The molecule has 0 unspecified atom stereocenters. The molecule has 0 amide bonds. The lowest BCUT2D eigenvalue weighted by atomic mass is 9.91. The molecule has 0 saturated heterocycles. The van der Waals surface area contributed by atoms with Gasteiger partial charge >= 0.3 is 5.97 Å². The van der Waals surface area contributed by atoms with Gasteiger partial charge in [-0.05, 0) is 78.2 Å². The molecule has 0 atom stereocenters. The fraction of sp³-hybridized carbons (Fsp3) is 0.250. The third kappa shape index (κ3) is 2.87. The van der Waals surface area contributed by atoms with Gasteiger partial charge in [0, 0.05) is 0 Å². The van der Waals surface area contributed by atoms with E-state index in [0.717, 1.165) is 21.5 Å². The summed E-state index contributed by atoms with van der Waals surface area (Å²) in [6.45, 7) is 5.67. The molecule has 0 radical (unpaired) electrons. The molecule has 0 aliphatic heterocycles. The lowest BCUT2D eigenvalue weighted by Gasteiger charge is -2.20. The van der Waals surface area contributed by atoms with Gasteiger partial charge in [-0.2, -0.15) is 0 Å². The van der Waals surface area contributed by atoms with Gasteiger partial charge in [0.1, 0.15) is 5.75 Å². The van der Waals surface area contributed by atoms with Crippen molar-refractivity contribution in [2.75, 3.05) is 0 Å². The molecule has 24 heavy (non-hydrogen) atoms. The highest BCUT2D eigenvalue weighted by molar-refractivity contribution is 6.00. The molecule has 3 aromatic carbocycles. The molecule has 3 rings (SSSR count). The Hall–Kier alpha value is -2.75. The van der Waals surface area contributed by atoms with Crippen molar-refractivity contribution in [1.82, 2.24) is 0 Å². The highest BCUT2D eigenvalue weighted by Crippen LogP contribution is 2.34. The Kier molecular flexibility index (Phi) is 3.84. The van der Waals surface area contributed by atoms with Crippen LogP contribution in [0.3, 0.4) is 0 Å². The molecular formula is C20H20O4. The third-order valence-electron chi connectivity index (χ3n) is 4.51. The maximum atomic E-state index is 12.2. The Morgan fingerprint density at radius 1 is 0.917 bits per heavy atom. The number of hydrogen-bond acceptors (Lipinski definition) is 4. The fourth-order valence-electron chi connectivity index (χ4n) is 2.46. The average molecular weight is 324 g/mol. The highest BCUT2D eigenvalue weighted by atomic mass is 16.5. The summed E-state index contributed by atoms with van der Waals surface area (Å²) in [6.07, 6.45) is 0.701. The van der Waals surface area contributed by atoms with Crippen LogP contribution < -0.4 is 4.74 Å². The molecule has 4 heteroatoms. The van der Waals surface area contributed by atoms with E-state index in [4.69, 9.17) is 4.74 Å². The quantitative estimate of drug-likeness (QED) is 0.316. The summed E-state index contributed by atoms with van der Waals surface area (Å²) in [7, 11) is 0. The van der Waals surface area contributed by atoms with E-state index in [9.17, 15) is 15.0 Å². The largest absolute Gasteiger partial charge is 0.504 e. The lowest BCUT2D eigenvalue weighted by molar-refractivity contribution is -0.144. The molecule has 0 bridgehead atoms. The molecule has 0 aliphatic carbocycles. The number of fused-ring (bicyclic) bond motifs is 2. The van der Waals surface area contributed by atoms with Crippen molar-refractivity contribution in [3.05, 3.63) is 42.5 Å². The van der Waals surface area contributed by atoms with Crippen LogP contribution in [-0.2, 0) is 4.79 Å². The van der Waals surface area contributed by atoms with Crippen LogP contribution in [0, 0.1) is 5.41 Å². The number of aromatic hydroxyl groups is 2. The molecule has 0 aromatic heterocycles. The summed E-state index contributed by atoms with van der Waals surface area (Å²) in [4.78, 5) is 12.2. The van der Waals surface area contributed by atoms with Crippen molar-refractivity contribution in [3.8, 4) is 17.2 Å². The molecule has 2 N–H and O–H groups in total. The molecular weight excluding hydrogens is 304 g/mol. The van der Waals surface area contributed by atoms with Gasteiger partial charge in [0.2, 0.25) is 0 Å². The van der Waals surface area contributed by atoms with Gasteiger partial charge in [-0.1, -0.05) is 13.0 Å². The molecule has 3 aromatic rings. The lowest BCUT2D eigenvalue weighted by Crippen LogP contribution is -2.28. The zero-order valence-electron chi connectivity index (χ0n) is 14.0. The third-order valence-corrected chi connectivity index (χ3v) is 4.51. The van der Waals surface area contributed by atoms with Crippen molar-refractivity contribution in [1.29, 1.82) is 0 Å². The Labute approximate surface area is 140 Å². The number of carbonyl (C=O) groups is 1. The second-order valence-electron chi connectivity index (χ2n) is 6.68. The monoisotopic (exact) mass is 324 g/mol. The van der Waals surface area contributed by atoms with E-state index in [0.29, 0.717) is 12.2 Å². The fourth-order valence-corrected chi connectivity index (χ4v) is 2.46. The van der Waals surface area contributed by atoms with Crippen LogP contribution in [0.25, 0.3) is 21.5 Å². The molecule has 0 heterocycles. The second-order valence-corrected chi connectivity index (χ2v) is 6.68. The van der Waals surface area contributed by atoms with Gasteiger partial charge in [-0.25, -0.2) is 0 Å². The van der Waals surface area contributed by atoms with Gasteiger partial charge in [0.25, 0.3) is 0 Å². The Balaban J connectivity index is 2.03. The smallest absolute Gasteiger partial charge is 0.316 e. The van der Waals surface area contributed by atoms with Gasteiger partial charge in [0.05, 0.1) is 5.41 Å². The second kappa shape index (κ2) is 5.71. The van der Waals surface area contributed by atoms with Crippen LogP contribution in [0.4, 0.5) is 0 Å². The molecule has 0 aliphatic rings. The predicted molar refractivity (Wildman–Crippen MR) is 94.5 cm³/mol. The van der Waals surface area contributed by atoms with Crippen LogP contribution in [0.2, 0.25) is 0 Å². The van der Waals surface area contributed by atoms with Crippen molar-refractivity contribution in [2.24, 2.45) is 5.41 Å². The number of phenols is 2. The first kappa shape index (κ1) is 16.1. The number of phenolic OH excluding ortho intramolecular Hbond substituents is 2. The van der Waals surface area contributed by atoms with E-state index < -0.39 is 5.41 Å². The normalized spacial score (nSPS) is 11.8. The Morgan fingerprint density at radius 3 is 2.04 bits per heavy atom. The molecule has 0 saturated carbocycles. The minimum atomic E-state index is -0.526. The van der Waals surface area contributed by atoms with E-state index in [1.807, 2.05) is 45.0 Å². The Bertz CT molecular complexity index is 941. The standard InChI is InChI=1S/C20H20O4/c1-4-20(2,3)19(23)24-16-6-5-12-7-14-10-17(21)18(22)11-15(14)8-13(12)9-16/h5-11,21-22H,4H2,1-3H3. The summed E-state index contributed by atoms with van der Waals surface area (Å²) in [5, 5.41) is 22.8. The van der Waals surface area contributed by atoms with E-state index >= 15 is 0 Å². The van der Waals surface area contributed by atoms with Crippen LogP contribution in [0.15, 0.2) is 42.5 Å². The van der Waals surface area contributed by atoms with E-state index in [1.165, 1.54) is 12.1 Å². The topological polar surface area (TPSA) is 66.8 Å². The van der Waals surface area contributed by atoms with Gasteiger partial charge in [-0.3, -0.25) is 4.79 Å². The van der Waals surface area contributed by atoms with E-state index in [-0.39, 0.29) is 17.5 Å². The van der Waals surface area contributed by atoms with Crippen LogP contribution in [0.5, 0.6) is 17.2 Å². The number of ether oxygens (including phenoxy) is 1. The number of carbonyl (C=O) groups excluding carboxylic acids is 1. The van der Waals surface area contributed by atoms with E-state index in [2.05, 4.69) is 0 Å². The first-order valence-electron chi connectivity index (χ1n) is 7.92. The van der Waals surface area contributed by atoms with E-state index in [1.54, 1.807) is 6.07 Å². The minimum absolute atomic E-state index is 0.144. The summed E-state index contributed by atoms with van der Waals surface area (Å²) in [5.74, 6) is -0.0626. The Morgan fingerprint density at radius 2 is 1.46 bits per heavy atom. The number of rotatable bonds is 3. The first-order valence-corrected chi connectivity index (χ1v) is 7.92. The maximum Gasteiger partial charge on any atom is 0.316 e. The van der Waals surface area contributed by atoms with Gasteiger partial charge in [0.15, 0.2) is 11.5 Å². The molecule has 4 nitrogen and oxygen atoms in total. The van der Waals surface area contributed by atoms with Gasteiger partial charge < -0.3 is 14.9 Å². The minimum Gasteiger partial charge on any atom is -0.504 e. The van der Waals surface area contributed by atoms with Crippen LogP contribution in [0.1, 0.15) is 27.2 Å². The zero-order valence-corrected chi connectivity index (χ0v) is 14.0. The SMILES string of the molecule is CCC(C)(C)C(=O)Oc1ccc2cc3cc(O)c(O)cc3cc2c1. The average Bonchev–Trinajstić information content (AvgIpc) is 2.54. The van der Waals surface area contributed by atoms with Crippen LogP contribution >= 0.6 is 0 Å². The van der Waals surface area contributed by atoms with Crippen LogP contribution in [-0.4, -0.2) is 16.2 Å². The van der Waals surface area contributed by atoms with Crippen molar-refractivity contribution in [3.63, 3.8) is 0 Å². The number of hydrogen-bond donors (Lipinski definition) is 2. The number of esters is 1. The first-order chi connectivity index (χ1) is 11.3. The molecule has 0 spiro atoms. The van der Waals surface area contributed by atoms with Gasteiger partial charge in [-0.15, -0.1) is 0 Å².